The number of carbonyl (C=O) groups excluding carboxylic acids is 1. The van der Waals surface area contributed by atoms with Gasteiger partial charge in [0.25, 0.3) is 0 Å². The first-order valence-electron chi connectivity index (χ1n) is 7.36. The largest absolute Gasteiger partial charge is 0.454 e. The van der Waals surface area contributed by atoms with Gasteiger partial charge in [-0.05, 0) is 35.7 Å². The quantitative estimate of drug-likeness (QED) is 0.891. The van der Waals surface area contributed by atoms with Crippen LogP contribution in [0.5, 0.6) is 11.5 Å². The van der Waals surface area contributed by atoms with Gasteiger partial charge in [-0.3, -0.25) is 0 Å². The minimum atomic E-state index is -0.293. The van der Waals surface area contributed by atoms with E-state index in [1.54, 1.807) is 18.2 Å². The summed E-state index contributed by atoms with van der Waals surface area (Å²) in [5.41, 5.74) is 1.50. The highest BCUT2D eigenvalue weighted by Gasteiger charge is 2.13. The Balaban J connectivity index is 1.42. The highest BCUT2D eigenvalue weighted by atomic mass is 19.1. The smallest absolute Gasteiger partial charge is 0.315 e. The summed E-state index contributed by atoms with van der Waals surface area (Å²) in [7, 11) is 0. The maximum atomic E-state index is 13.4. The van der Waals surface area contributed by atoms with Crippen LogP contribution in [0, 0.1) is 5.82 Å². The van der Waals surface area contributed by atoms with Gasteiger partial charge in [0.15, 0.2) is 11.5 Å². The Labute approximate surface area is 133 Å². The molecule has 0 aromatic heterocycles. The molecular formula is C17H17FN2O3. The second-order valence-electron chi connectivity index (χ2n) is 5.14. The monoisotopic (exact) mass is 316 g/mol. The summed E-state index contributed by atoms with van der Waals surface area (Å²) < 4.78 is 24.0. The van der Waals surface area contributed by atoms with Crippen molar-refractivity contribution in [2.75, 3.05) is 13.3 Å². The zero-order valence-electron chi connectivity index (χ0n) is 12.5. The van der Waals surface area contributed by atoms with Crippen LogP contribution < -0.4 is 20.1 Å². The van der Waals surface area contributed by atoms with Gasteiger partial charge >= 0.3 is 6.03 Å². The van der Waals surface area contributed by atoms with Crippen molar-refractivity contribution in [3.05, 3.63) is 59.4 Å². The highest BCUT2D eigenvalue weighted by molar-refractivity contribution is 5.73. The van der Waals surface area contributed by atoms with Crippen LogP contribution in [0.15, 0.2) is 42.5 Å². The number of amides is 2. The minimum Gasteiger partial charge on any atom is -0.454 e. The normalized spacial score (nSPS) is 12.0. The molecule has 0 saturated heterocycles. The van der Waals surface area contributed by atoms with E-state index in [1.807, 2.05) is 18.2 Å². The van der Waals surface area contributed by atoms with Crippen LogP contribution in [0.3, 0.4) is 0 Å². The van der Waals surface area contributed by atoms with Crippen molar-refractivity contribution in [1.82, 2.24) is 10.6 Å². The number of benzene rings is 2. The number of hydrogen-bond acceptors (Lipinski definition) is 3. The topological polar surface area (TPSA) is 59.6 Å². The predicted molar refractivity (Wildman–Crippen MR) is 82.9 cm³/mol. The first-order chi connectivity index (χ1) is 11.2. The number of carbonyl (C=O) groups is 1. The van der Waals surface area contributed by atoms with E-state index >= 15 is 0 Å². The molecule has 23 heavy (non-hydrogen) atoms. The van der Waals surface area contributed by atoms with Gasteiger partial charge in [-0.2, -0.15) is 0 Å². The fourth-order valence-electron chi connectivity index (χ4n) is 2.31. The molecule has 2 amide bonds. The Kier molecular flexibility index (Phi) is 4.61. The lowest BCUT2D eigenvalue weighted by Gasteiger charge is -2.08. The summed E-state index contributed by atoms with van der Waals surface area (Å²) in [5, 5.41) is 5.46. The molecule has 2 aromatic carbocycles. The lowest BCUT2D eigenvalue weighted by atomic mass is 10.1. The minimum absolute atomic E-state index is 0.225. The van der Waals surface area contributed by atoms with Gasteiger partial charge in [-0.25, -0.2) is 9.18 Å². The second-order valence-corrected chi connectivity index (χ2v) is 5.14. The van der Waals surface area contributed by atoms with Crippen molar-refractivity contribution in [3.63, 3.8) is 0 Å². The van der Waals surface area contributed by atoms with E-state index in [0.717, 1.165) is 5.56 Å². The van der Waals surface area contributed by atoms with E-state index < -0.39 is 0 Å². The third-order valence-electron chi connectivity index (χ3n) is 3.53. The molecule has 1 aliphatic rings. The number of halogens is 1. The molecule has 0 radical (unpaired) electrons. The molecule has 2 N–H and O–H groups in total. The van der Waals surface area contributed by atoms with E-state index in [-0.39, 0.29) is 18.6 Å². The van der Waals surface area contributed by atoms with Crippen molar-refractivity contribution in [2.24, 2.45) is 0 Å². The number of rotatable bonds is 5. The van der Waals surface area contributed by atoms with Gasteiger partial charge in [0.1, 0.15) is 5.82 Å². The van der Waals surface area contributed by atoms with E-state index in [1.165, 1.54) is 6.07 Å². The Bertz CT molecular complexity index is 706. The third kappa shape index (κ3) is 3.91. The van der Waals surface area contributed by atoms with Gasteiger partial charge in [0, 0.05) is 13.1 Å². The number of ether oxygens (including phenoxy) is 2. The fraction of sp³-hybridized carbons (Fsp3) is 0.235. The predicted octanol–water partition coefficient (Wildman–Crippen LogP) is 2.60. The van der Waals surface area contributed by atoms with Crippen molar-refractivity contribution in [2.45, 2.75) is 13.0 Å². The molecule has 0 bridgehead atoms. The van der Waals surface area contributed by atoms with Gasteiger partial charge in [-0.1, -0.05) is 24.3 Å². The first kappa shape index (κ1) is 15.1. The molecule has 6 heteroatoms. The Morgan fingerprint density at radius 1 is 1.09 bits per heavy atom. The molecule has 0 fully saturated rings. The van der Waals surface area contributed by atoms with Crippen LogP contribution in [0.2, 0.25) is 0 Å². The van der Waals surface area contributed by atoms with Gasteiger partial charge in [-0.15, -0.1) is 0 Å². The molecule has 3 rings (SSSR count). The van der Waals surface area contributed by atoms with Gasteiger partial charge in [0.05, 0.1) is 0 Å². The van der Waals surface area contributed by atoms with Crippen LogP contribution in [-0.4, -0.2) is 19.4 Å². The molecule has 0 spiro atoms. The lowest BCUT2D eigenvalue weighted by Crippen LogP contribution is -2.36. The lowest BCUT2D eigenvalue weighted by molar-refractivity contribution is 0.174. The second kappa shape index (κ2) is 7.00. The molecule has 0 atom stereocenters. The van der Waals surface area contributed by atoms with Crippen molar-refractivity contribution < 1.29 is 18.7 Å². The number of urea groups is 1. The fourth-order valence-corrected chi connectivity index (χ4v) is 2.31. The molecule has 5 nitrogen and oxygen atoms in total. The van der Waals surface area contributed by atoms with Crippen molar-refractivity contribution in [1.29, 1.82) is 0 Å². The Morgan fingerprint density at radius 3 is 2.78 bits per heavy atom. The summed E-state index contributed by atoms with van der Waals surface area (Å²) in [5.74, 6) is 1.14. The molecule has 1 heterocycles. The Morgan fingerprint density at radius 2 is 1.91 bits per heavy atom. The average molecular weight is 316 g/mol. The van der Waals surface area contributed by atoms with E-state index in [9.17, 15) is 9.18 Å². The molecule has 120 valence electrons. The SMILES string of the molecule is O=C(NCCc1ccccc1F)NCc1ccc2c(c1)OCO2. The van der Waals surface area contributed by atoms with Crippen molar-refractivity contribution in [3.8, 4) is 11.5 Å². The molecule has 0 saturated carbocycles. The van der Waals surface area contributed by atoms with E-state index in [4.69, 9.17) is 9.47 Å². The molecule has 0 unspecified atom stereocenters. The third-order valence-corrected chi connectivity index (χ3v) is 3.53. The molecular weight excluding hydrogens is 299 g/mol. The number of fused-ring (bicyclic) bond motifs is 1. The zero-order valence-corrected chi connectivity index (χ0v) is 12.5. The number of hydrogen-bond donors (Lipinski definition) is 2. The summed E-state index contributed by atoms with van der Waals surface area (Å²) >= 11 is 0. The average Bonchev–Trinajstić information content (AvgIpc) is 3.02. The van der Waals surface area contributed by atoms with E-state index in [2.05, 4.69) is 10.6 Å². The van der Waals surface area contributed by atoms with Crippen LogP contribution in [0.25, 0.3) is 0 Å². The molecule has 0 aliphatic carbocycles. The van der Waals surface area contributed by atoms with E-state index in [0.29, 0.717) is 36.6 Å². The summed E-state index contributed by atoms with van der Waals surface area (Å²) in [6, 6.07) is 11.8. The maximum absolute atomic E-state index is 13.4. The van der Waals surface area contributed by atoms with Crippen LogP contribution in [0.4, 0.5) is 9.18 Å². The van der Waals surface area contributed by atoms with Crippen LogP contribution in [-0.2, 0) is 13.0 Å². The van der Waals surface area contributed by atoms with Gasteiger partial charge < -0.3 is 20.1 Å². The van der Waals surface area contributed by atoms with Gasteiger partial charge in [0.2, 0.25) is 6.79 Å². The highest BCUT2D eigenvalue weighted by Crippen LogP contribution is 2.32. The molecule has 2 aromatic rings. The van der Waals surface area contributed by atoms with Crippen LogP contribution >= 0.6 is 0 Å². The summed E-state index contributed by atoms with van der Waals surface area (Å²) in [6.45, 7) is 0.971. The zero-order chi connectivity index (χ0) is 16.1. The molecule has 1 aliphatic heterocycles. The standard InChI is InChI=1S/C17H17FN2O3/c18-14-4-2-1-3-13(14)7-8-19-17(21)20-10-12-5-6-15-16(9-12)23-11-22-15/h1-6,9H,7-8,10-11H2,(H2,19,20,21). The summed E-state index contributed by atoms with van der Waals surface area (Å²) in [4.78, 5) is 11.8. The maximum Gasteiger partial charge on any atom is 0.315 e. The van der Waals surface area contributed by atoms with Crippen molar-refractivity contribution >= 4 is 6.03 Å². The summed E-state index contributed by atoms with van der Waals surface area (Å²) in [6.07, 6.45) is 0.449. The Hall–Kier alpha value is -2.76. The number of nitrogens with one attached hydrogen (secondary N) is 2. The first-order valence-corrected chi connectivity index (χ1v) is 7.36. The van der Waals surface area contributed by atoms with Crippen LogP contribution in [0.1, 0.15) is 11.1 Å².